The number of carbonyl (C=O) groups is 1. The molecule has 0 spiro atoms. The SMILES string of the molecule is CC(Sc1nncn1C1CC1)C(=O)NCc1ccccc1. The van der Waals surface area contributed by atoms with E-state index in [1.54, 1.807) is 6.33 Å². The summed E-state index contributed by atoms with van der Waals surface area (Å²) in [6.45, 7) is 2.46. The third kappa shape index (κ3) is 3.64. The number of hydrogen-bond acceptors (Lipinski definition) is 4. The number of thioether (sulfide) groups is 1. The van der Waals surface area contributed by atoms with Gasteiger partial charge in [-0.1, -0.05) is 42.1 Å². The first-order valence-electron chi connectivity index (χ1n) is 7.12. The van der Waals surface area contributed by atoms with Gasteiger partial charge in [0.1, 0.15) is 6.33 Å². The standard InChI is InChI=1S/C15H18N4OS/c1-11(14(20)16-9-12-5-3-2-4-6-12)21-15-18-17-10-19(15)13-7-8-13/h2-6,10-11,13H,7-9H2,1H3,(H,16,20). The van der Waals surface area contributed by atoms with Crippen molar-refractivity contribution < 1.29 is 4.79 Å². The van der Waals surface area contributed by atoms with Crippen molar-refractivity contribution in [3.05, 3.63) is 42.2 Å². The average Bonchev–Trinajstić information content (AvgIpc) is 3.26. The van der Waals surface area contributed by atoms with E-state index in [1.165, 1.54) is 24.6 Å². The molecule has 3 rings (SSSR count). The number of nitrogens with zero attached hydrogens (tertiary/aromatic N) is 3. The minimum absolute atomic E-state index is 0.0224. The summed E-state index contributed by atoms with van der Waals surface area (Å²) < 4.78 is 2.08. The van der Waals surface area contributed by atoms with Crippen molar-refractivity contribution in [3.63, 3.8) is 0 Å². The Bertz CT molecular complexity index is 609. The zero-order valence-corrected chi connectivity index (χ0v) is 12.7. The highest BCUT2D eigenvalue weighted by Crippen LogP contribution is 2.37. The molecule has 5 nitrogen and oxygen atoms in total. The van der Waals surface area contributed by atoms with E-state index in [0.29, 0.717) is 12.6 Å². The van der Waals surface area contributed by atoms with E-state index in [2.05, 4.69) is 20.1 Å². The van der Waals surface area contributed by atoms with Gasteiger partial charge in [-0.3, -0.25) is 4.79 Å². The van der Waals surface area contributed by atoms with Crippen molar-refractivity contribution in [2.75, 3.05) is 0 Å². The fourth-order valence-corrected chi connectivity index (χ4v) is 2.98. The molecule has 1 atom stereocenters. The Kier molecular flexibility index (Phi) is 4.24. The van der Waals surface area contributed by atoms with Crippen LogP contribution in [-0.2, 0) is 11.3 Å². The monoisotopic (exact) mass is 302 g/mol. The van der Waals surface area contributed by atoms with Crippen LogP contribution in [-0.4, -0.2) is 25.9 Å². The van der Waals surface area contributed by atoms with E-state index in [0.717, 1.165) is 10.7 Å². The molecule has 6 heteroatoms. The number of nitrogens with one attached hydrogen (secondary N) is 1. The van der Waals surface area contributed by atoms with Crippen LogP contribution >= 0.6 is 11.8 Å². The highest BCUT2D eigenvalue weighted by molar-refractivity contribution is 8.00. The summed E-state index contributed by atoms with van der Waals surface area (Å²) in [6.07, 6.45) is 4.12. The van der Waals surface area contributed by atoms with Crippen LogP contribution in [0.15, 0.2) is 41.8 Å². The van der Waals surface area contributed by atoms with Crippen LogP contribution < -0.4 is 5.32 Å². The first kappa shape index (κ1) is 14.1. The fourth-order valence-electron chi connectivity index (χ4n) is 2.06. The van der Waals surface area contributed by atoms with Gasteiger partial charge >= 0.3 is 0 Å². The van der Waals surface area contributed by atoms with Crippen LogP contribution in [0.3, 0.4) is 0 Å². The van der Waals surface area contributed by atoms with Gasteiger partial charge in [0.25, 0.3) is 0 Å². The number of rotatable bonds is 6. The smallest absolute Gasteiger partial charge is 0.233 e. The first-order valence-corrected chi connectivity index (χ1v) is 8.00. The van der Waals surface area contributed by atoms with Crippen LogP contribution in [0.4, 0.5) is 0 Å². The lowest BCUT2D eigenvalue weighted by molar-refractivity contribution is -0.120. The largest absolute Gasteiger partial charge is 0.351 e. The van der Waals surface area contributed by atoms with Gasteiger partial charge in [0, 0.05) is 12.6 Å². The molecule has 0 bridgehead atoms. The highest BCUT2D eigenvalue weighted by Gasteiger charge is 2.27. The van der Waals surface area contributed by atoms with E-state index in [9.17, 15) is 4.79 Å². The van der Waals surface area contributed by atoms with E-state index in [1.807, 2.05) is 37.3 Å². The number of carbonyl (C=O) groups excluding carboxylic acids is 1. The topological polar surface area (TPSA) is 59.8 Å². The molecular weight excluding hydrogens is 284 g/mol. The molecule has 1 aromatic carbocycles. The second kappa shape index (κ2) is 6.30. The van der Waals surface area contributed by atoms with Crippen LogP contribution in [0, 0.1) is 0 Å². The van der Waals surface area contributed by atoms with E-state index >= 15 is 0 Å². The van der Waals surface area contributed by atoms with Crippen molar-refractivity contribution >= 4 is 17.7 Å². The third-order valence-corrected chi connectivity index (χ3v) is 4.51. The van der Waals surface area contributed by atoms with Crippen molar-refractivity contribution in [1.29, 1.82) is 0 Å². The molecule has 1 saturated carbocycles. The van der Waals surface area contributed by atoms with Crippen LogP contribution in [0.2, 0.25) is 0 Å². The van der Waals surface area contributed by atoms with Gasteiger partial charge in [-0.15, -0.1) is 10.2 Å². The molecule has 1 aliphatic rings. The van der Waals surface area contributed by atoms with Gasteiger partial charge in [-0.25, -0.2) is 0 Å². The van der Waals surface area contributed by atoms with Crippen molar-refractivity contribution in [2.45, 2.75) is 42.8 Å². The predicted octanol–water partition coefficient (Wildman–Crippen LogP) is 2.41. The van der Waals surface area contributed by atoms with Gasteiger partial charge in [-0.05, 0) is 25.3 Å². The number of benzene rings is 1. The Morgan fingerprint density at radius 1 is 1.43 bits per heavy atom. The summed E-state index contributed by atoms with van der Waals surface area (Å²) in [6, 6.07) is 10.4. The Morgan fingerprint density at radius 2 is 2.19 bits per heavy atom. The molecule has 0 radical (unpaired) electrons. The van der Waals surface area contributed by atoms with E-state index < -0.39 is 0 Å². The lowest BCUT2D eigenvalue weighted by Gasteiger charge is -2.12. The second-order valence-corrected chi connectivity index (χ2v) is 6.52. The molecule has 1 amide bonds. The maximum Gasteiger partial charge on any atom is 0.233 e. The molecule has 0 aliphatic heterocycles. The Hall–Kier alpha value is -1.82. The average molecular weight is 302 g/mol. The molecule has 1 aromatic heterocycles. The molecule has 1 N–H and O–H groups in total. The summed E-state index contributed by atoms with van der Waals surface area (Å²) in [5, 5.41) is 11.7. The summed E-state index contributed by atoms with van der Waals surface area (Å²) >= 11 is 1.47. The van der Waals surface area contributed by atoms with Crippen molar-refractivity contribution in [3.8, 4) is 0 Å². The van der Waals surface area contributed by atoms with Gasteiger partial charge in [0.05, 0.1) is 5.25 Å². The van der Waals surface area contributed by atoms with Gasteiger partial charge < -0.3 is 9.88 Å². The molecule has 1 unspecified atom stereocenters. The van der Waals surface area contributed by atoms with Crippen molar-refractivity contribution in [1.82, 2.24) is 20.1 Å². The summed E-state index contributed by atoms with van der Waals surface area (Å²) in [7, 11) is 0. The zero-order valence-electron chi connectivity index (χ0n) is 11.9. The lowest BCUT2D eigenvalue weighted by Crippen LogP contribution is -2.30. The fraction of sp³-hybridized carbons (Fsp3) is 0.400. The van der Waals surface area contributed by atoms with Crippen LogP contribution in [0.5, 0.6) is 0 Å². The van der Waals surface area contributed by atoms with E-state index in [-0.39, 0.29) is 11.2 Å². The number of aromatic nitrogens is 3. The molecule has 110 valence electrons. The van der Waals surface area contributed by atoms with Crippen LogP contribution in [0.1, 0.15) is 31.4 Å². The van der Waals surface area contributed by atoms with Crippen molar-refractivity contribution in [2.24, 2.45) is 0 Å². The molecule has 2 aromatic rings. The normalized spacial score (nSPS) is 15.7. The molecule has 0 saturated heterocycles. The van der Waals surface area contributed by atoms with Crippen LogP contribution in [0.25, 0.3) is 0 Å². The Morgan fingerprint density at radius 3 is 2.90 bits per heavy atom. The second-order valence-electron chi connectivity index (χ2n) is 5.22. The number of hydrogen-bond donors (Lipinski definition) is 1. The minimum atomic E-state index is -0.185. The molecule has 1 heterocycles. The third-order valence-electron chi connectivity index (χ3n) is 3.44. The molecule has 1 fully saturated rings. The Labute approximate surface area is 128 Å². The molecule has 1 aliphatic carbocycles. The van der Waals surface area contributed by atoms with Gasteiger partial charge in [-0.2, -0.15) is 0 Å². The zero-order chi connectivity index (χ0) is 14.7. The molecule has 21 heavy (non-hydrogen) atoms. The maximum absolute atomic E-state index is 12.1. The summed E-state index contributed by atoms with van der Waals surface area (Å²) in [5.41, 5.74) is 1.10. The highest BCUT2D eigenvalue weighted by atomic mass is 32.2. The molecular formula is C15H18N4OS. The number of amides is 1. The Balaban J connectivity index is 1.53. The van der Waals surface area contributed by atoms with Gasteiger partial charge in [0.15, 0.2) is 5.16 Å². The van der Waals surface area contributed by atoms with E-state index in [4.69, 9.17) is 0 Å². The quantitative estimate of drug-likeness (QED) is 0.833. The maximum atomic E-state index is 12.1. The predicted molar refractivity (Wildman–Crippen MR) is 81.9 cm³/mol. The lowest BCUT2D eigenvalue weighted by atomic mass is 10.2. The summed E-state index contributed by atoms with van der Waals surface area (Å²) in [4.78, 5) is 12.1. The minimum Gasteiger partial charge on any atom is -0.351 e. The summed E-state index contributed by atoms with van der Waals surface area (Å²) in [5.74, 6) is 0.0224. The van der Waals surface area contributed by atoms with Gasteiger partial charge in [0.2, 0.25) is 5.91 Å². The first-order chi connectivity index (χ1) is 10.2.